The summed E-state index contributed by atoms with van der Waals surface area (Å²) >= 11 is 1.66. The van der Waals surface area contributed by atoms with Gasteiger partial charge >= 0.3 is 0 Å². The normalized spacial score (nSPS) is 23.6. The highest BCUT2D eigenvalue weighted by molar-refractivity contribution is 7.98. The molecule has 80 valence electrons. The summed E-state index contributed by atoms with van der Waals surface area (Å²) in [6, 6.07) is 7.92. The lowest BCUT2D eigenvalue weighted by Crippen LogP contribution is -2.14. The van der Waals surface area contributed by atoms with E-state index < -0.39 is 0 Å². The molecule has 1 aliphatic carbocycles. The Labute approximate surface area is 94.4 Å². The fourth-order valence-corrected chi connectivity index (χ4v) is 2.21. The average Bonchev–Trinajstić information content (AvgIpc) is 2.96. The molecule has 15 heavy (non-hydrogen) atoms. The first kappa shape index (κ1) is 10.6. The van der Waals surface area contributed by atoms with E-state index in [1.54, 1.807) is 11.8 Å². The third-order valence-corrected chi connectivity index (χ3v) is 3.61. The molecule has 0 bridgehead atoms. The summed E-state index contributed by atoms with van der Waals surface area (Å²) in [4.78, 5) is 12.9. The lowest BCUT2D eigenvalue weighted by atomic mass is 10.3. The Morgan fingerprint density at radius 3 is 2.73 bits per heavy atom. The Morgan fingerprint density at radius 1 is 1.47 bits per heavy atom. The molecule has 1 N–H and O–H groups in total. The van der Waals surface area contributed by atoms with Crippen molar-refractivity contribution in [1.29, 1.82) is 0 Å². The number of carbonyl (C=O) groups is 1. The van der Waals surface area contributed by atoms with Crippen molar-refractivity contribution in [2.24, 2.45) is 11.8 Å². The Balaban J connectivity index is 2.06. The second kappa shape index (κ2) is 4.27. The van der Waals surface area contributed by atoms with Crippen molar-refractivity contribution in [3.05, 3.63) is 24.3 Å². The van der Waals surface area contributed by atoms with Gasteiger partial charge in [-0.05, 0) is 30.7 Å². The molecule has 0 aliphatic heterocycles. The van der Waals surface area contributed by atoms with Crippen LogP contribution < -0.4 is 5.32 Å². The van der Waals surface area contributed by atoms with E-state index in [1.165, 1.54) is 0 Å². The van der Waals surface area contributed by atoms with Gasteiger partial charge in [0.2, 0.25) is 5.91 Å². The average molecular weight is 221 g/mol. The minimum atomic E-state index is 0.170. The van der Waals surface area contributed by atoms with Crippen LogP contribution in [0, 0.1) is 11.8 Å². The smallest absolute Gasteiger partial charge is 0.227 e. The molecule has 1 aromatic rings. The molecule has 1 aliphatic rings. The molecule has 0 spiro atoms. The lowest BCUT2D eigenvalue weighted by Gasteiger charge is -2.08. The van der Waals surface area contributed by atoms with Gasteiger partial charge < -0.3 is 5.32 Å². The fraction of sp³-hybridized carbons (Fsp3) is 0.417. The van der Waals surface area contributed by atoms with Crippen LogP contribution in [0.1, 0.15) is 13.3 Å². The number of amides is 1. The Morgan fingerprint density at radius 2 is 2.13 bits per heavy atom. The van der Waals surface area contributed by atoms with E-state index in [2.05, 4.69) is 12.2 Å². The lowest BCUT2D eigenvalue weighted by molar-refractivity contribution is -0.117. The van der Waals surface area contributed by atoms with Crippen molar-refractivity contribution in [1.82, 2.24) is 0 Å². The largest absolute Gasteiger partial charge is 0.325 e. The number of benzene rings is 1. The minimum Gasteiger partial charge on any atom is -0.325 e. The van der Waals surface area contributed by atoms with Gasteiger partial charge in [-0.1, -0.05) is 19.1 Å². The fourth-order valence-electron chi connectivity index (χ4n) is 1.66. The number of para-hydroxylation sites is 1. The number of carbonyl (C=O) groups excluding carboxylic acids is 1. The summed E-state index contributed by atoms with van der Waals surface area (Å²) in [5.41, 5.74) is 0.939. The summed E-state index contributed by atoms with van der Waals surface area (Å²) in [5, 5.41) is 2.99. The second-order valence-corrected chi connectivity index (χ2v) is 4.86. The molecule has 0 radical (unpaired) electrons. The van der Waals surface area contributed by atoms with E-state index in [-0.39, 0.29) is 11.8 Å². The quantitative estimate of drug-likeness (QED) is 0.795. The van der Waals surface area contributed by atoms with Gasteiger partial charge in [0.15, 0.2) is 0 Å². The second-order valence-electron chi connectivity index (χ2n) is 4.01. The molecule has 1 aromatic carbocycles. The van der Waals surface area contributed by atoms with Crippen LogP contribution in [0.5, 0.6) is 0 Å². The first-order chi connectivity index (χ1) is 7.22. The third kappa shape index (κ3) is 2.34. The van der Waals surface area contributed by atoms with Crippen molar-refractivity contribution in [3.8, 4) is 0 Å². The maximum atomic E-state index is 11.7. The highest BCUT2D eigenvalue weighted by atomic mass is 32.2. The molecule has 2 nitrogen and oxygen atoms in total. The van der Waals surface area contributed by atoms with Crippen molar-refractivity contribution in [3.63, 3.8) is 0 Å². The van der Waals surface area contributed by atoms with Gasteiger partial charge in [-0.15, -0.1) is 11.8 Å². The number of thioether (sulfide) groups is 1. The maximum absolute atomic E-state index is 11.7. The van der Waals surface area contributed by atoms with Crippen LogP contribution in [0.25, 0.3) is 0 Å². The third-order valence-electron chi connectivity index (χ3n) is 2.81. The molecular formula is C12H15NOS. The van der Waals surface area contributed by atoms with Gasteiger partial charge in [-0.2, -0.15) is 0 Å². The summed E-state index contributed by atoms with van der Waals surface area (Å²) in [5.74, 6) is 0.968. The van der Waals surface area contributed by atoms with Crippen LogP contribution in [0.15, 0.2) is 29.2 Å². The first-order valence-corrected chi connectivity index (χ1v) is 6.38. The predicted octanol–water partition coefficient (Wildman–Crippen LogP) is 3.00. The standard InChI is InChI=1S/C12H15NOS/c1-8-7-9(8)12(14)13-10-5-3-4-6-11(10)15-2/h3-6,8-9H,7H2,1-2H3,(H,13,14)/t8-,9-/m0/s1. The number of nitrogens with one attached hydrogen (secondary N) is 1. The molecular weight excluding hydrogens is 206 g/mol. The molecule has 2 atom stereocenters. The molecule has 1 saturated carbocycles. The van der Waals surface area contributed by atoms with Crippen molar-refractivity contribution in [2.75, 3.05) is 11.6 Å². The van der Waals surface area contributed by atoms with Crippen LogP contribution in [-0.2, 0) is 4.79 Å². The zero-order valence-electron chi connectivity index (χ0n) is 8.99. The maximum Gasteiger partial charge on any atom is 0.227 e. The molecule has 3 heteroatoms. The Bertz CT molecular complexity index is 378. The van der Waals surface area contributed by atoms with Gasteiger partial charge in [0.1, 0.15) is 0 Å². The van der Waals surface area contributed by atoms with Crippen molar-refractivity contribution < 1.29 is 4.79 Å². The number of rotatable bonds is 3. The number of hydrogen-bond acceptors (Lipinski definition) is 2. The topological polar surface area (TPSA) is 29.1 Å². The van der Waals surface area contributed by atoms with E-state index >= 15 is 0 Å². The number of anilines is 1. The van der Waals surface area contributed by atoms with Gasteiger partial charge in [0, 0.05) is 10.8 Å². The first-order valence-electron chi connectivity index (χ1n) is 5.16. The minimum absolute atomic E-state index is 0.170. The van der Waals surface area contributed by atoms with E-state index in [9.17, 15) is 4.79 Å². The van der Waals surface area contributed by atoms with E-state index in [1.807, 2.05) is 30.5 Å². The van der Waals surface area contributed by atoms with E-state index in [0.717, 1.165) is 17.0 Å². The zero-order valence-corrected chi connectivity index (χ0v) is 9.80. The molecule has 0 heterocycles. The molecule has 1 amide bonds. The van der Waals surface area contributed by atoms with E-state index in [4.69, 9.17) is 0 Å². The zero-order chi connectivity index (χ0) is 10.8. The molecule has 1 fully saturated rings. The summed E-state index contributed by atoms with van der Waals surface area (Å²) in [6.07, 6.45) is 3.05. The van der Waals surface area contributed by atoms with Gasteiger partial charge in [-0.25, -0.2) is 0 Å². The van der Waals surface area contributed by atoms with Gasteiger partial charge in [0.05, 0.1) is 5.69 Å². The van der Waals surface area contributed by atoms with Crippen molar-refractivity contribution >= 4 is 23.4 Å². The van der Waals surface area contributed by atoms with Crippen LogP contribution in [0.4, 0.5) is 5.69 Å². The van der Waals surface area contributed by atoms with Gasteiger partial charge in [0.25, 0.3) is 0 Å². The monoisotopic (exact) mass is 221 g/mol. The van der Waals surface area contributed by atoms with Crippen LogP contribution >= 0.6 is 11.8 Å². The predicted molar refractivity (Wildman–Crippen MR) is 64.1 cm³/mol. The molecule has 0 saturated heterocycles. The number of hydrogen-bond donors (Lipinski definition) is 1. The summed E-state index contributed by atoms with van der Waals surface area (Å²) < 4.78 is 0. The molecule has 2 rings (SSSR count). The summed E-state index contributed by atoms with van der Waals surface area (Å²) in [7, 11) is 0. The highest BCUT2D eigenvalue weighted by Crippen LogP contribution is 2.39. The van der Waals surface area contributed by atoms with Crippen LogP contribution in [0.2, 0.25) is 0 Å². The molecule has 0 unspecified atom stereocenters. The van der Waals surface area contributed by atoms with Crippen molar-refractivity contribution in [2.45, 2.75) is 18.2 Å². The molecule has 0 aromatic heterocycles. The van der Waals surface area contributed by atoms with Crippen LogP contribution in [0.3, 0.4) is 0 Å². The Kier molecular flexibility index (Phi) is 3.00. The van der Waals surface area contributed by atoms with E-state index in [0.29, 0.717) is 5.92 Å². The highest BCUT2D eigenvalue weighted by Gasteiger charge is 2.39. The van der Waals surface area contributed by atoms with Gasteiger partial charge in [-0.3, -0.25) is 4.79 Å². The Hall–Kier alpha value is -0.960. The SMILES string of the molecule is CSc1ccccc1NC(=O)[C@H]1C[C@@H]1C. The summed E-state index contributed by atoms with van der Waals surface area (Å²) in [6.45, 7) is 2.12. The van der Waals surface area contributed by atoms with Crippen LogP contribution in [-0.4, -0.2) is 12.2 Å².